The molecular formula is C25H17BrF7N5O2S. The highest BCUT2D eigenvalue weighted by Crippen LogP contribution is 2.48. The lowest BCUT2D eigenvalue weighted by atomic mass is 10.0. The number of pyridine rings is 1. The molecule has 1 aromatic carbocycles. The van der Waals surface area contributed by atoms with Crippen LogP contribution in [-0.2, 0) is 17.1 Å². The third-order valence-electron chi connectivity index (χ3n) is 6.45. The van der Waals surface area contributed by atoms with Crippen molar-refractivity contribution in [2.24, 2.45) is 5.73 Å². The van der Waals surface area contributed by atoms with Crippen LogP contribution in [0.5, 0.6) is 0 Å². The van der Waals surface area contributed by atoms with Crippen LogP contribution in [0.25, 0.3) is 21.3 Å². The highest BCUT2D eigenvalue weighted by atomic mass is 79.9. The summed E-state index contributed by atoms with van der Waals surface area (Å²) < 4.78 is 96.1. The number of carbonyl (C=O) groups excluding carboxylic acids is 2. The molecule has 1 atom stereocenters. The molecule has 4 aromatic rings. The van der Waals surface area contributed by atoms with Crippen LogP contribution in [0.3, 0.4) is 0 Å². The van der Waals surface area contributed by atoms with E-state index in [1.165, 1.54) is 19.1 Å². The van der Waals surface area contributed by atoms with Crippen LogP contribution in [0.2, 0.25) is 0 Å². The van der Waals surface area contributed by atoms with Gasteiger partial charge >= 0.3 is 12.4 Å². The number of hydrogen-bond acceptors (Lipinski definition) is 5. The first-order chi connectivity index (χ1) is 19.1. The number of fused-ring (bicyclic) bond motifs is 1. The van der Waals surface area contributed by atoms with E-state index in [-0.39, 0.29) is 48.0 Å². The number of nitrogens with zero attached hydrogens (tertiary/aromatic N) is 3. The molecule has 0 saturated heterocycles. The predicted octanol–water partition coefficient (Wildman–Crippen LogP) is 7.28. The average molecular weight is 664 g/mol. The van der Waals surface area contributed by atoms with Crippen LogP contribution in [0, 0.1) is 5.82 Å². The van der Waals surface area contributed by atoms with Crippen LogP contribution < -0.4 is 11.1 Å². The van der Waals surface area contributed by atoms with Crippen molar-refractivity contribution in [3.8, 4) is 11.1 Å². The molecule has 1 aliphatic carbocycles. The molecule has 0 bridgehead atoms. The third kappa shape index (κ3) is 5.41. The molecule has 0 spiro atoms. The zero-order valence-electron chi connectivity index (χ0n) is 20.6. The first-order valence-electron chi connectivity index (χ1n) is 11.8. The van der Waals surface area contributed by atoms with Gasteiger partial charge in [0.25, 0.3) is 5.91 Å². The smallest absolute Gasteiger partial charge is 0.365 e. The number of thiophene rings is 1. The summed E-state index contributed by atoms with van der Waals surface area (Å²) in [4.78, 5) is 28.8. The van der Waals surface area contributed by atoms with Gasteiger partial charge in [0.2, 0.25) is 5.91 Å². The highest BCUT2D eigenvalue weighted by Gasteiger charge is 2.43. The van der Waals surface area contributed by atoms with Crippen LogP contribution in [0.4, 0.5) is 36.4 Å². The van der Waals surface area contributed by atoms with E-state index in [0.29, 0.717) is 30.2 Å². The van der Waals surface area contributed by atoms with Gasteiger partial charge in [0.15, 0.2) is 5.69 Å². The molecule has 2 amide bonds. The normalized spacial score (nSPS) is 14.9. The van der Waals surface area contributed by atoms with E-state index in [1.54, 1.807) is 0 Å². The van der Waals surface area contributed by atoms with E-state index < -0.39 is 47.4 Å². The molecule has 1 fully saturated rings. The quantitative estimate of drug-likeness (QED) is 0.212. The first kappa shape index (κ1) is 29.0. The Morgan fingerprint density at radius 1 is 1.12 bits per heavy atom. The largest absolute Gasteiger partial charge is 0.436 e. The molecule has 3 heterocycles. The van der Waals surface area contributed by atoms with Crippen molar-refractivity contribution in [1.29, 1.82) is 0 Å². The molecule has 3 N–H and O–H groups in total. The molecule has 1 aliphatic rings. The monoisotopic (exact) mass is 663 g/mol. The molecule has 0 aliphatic heterocycles. The Morgan fingerprint density at radius 3 is 2.29 bits per heavy atom. The van der Waals surface area contributed by atoms with E-state index in [4.69, 9.17) is 5.73 Å². The Hall–Kier alpha value is -3.53. The Bertz CT molecular complexity index is 1690. The maximum atomic E-state index is 13.7. The molecular weight excluding hydrogens is 647 g/mol. The minimum Gasteiger partial charge on any atom is -0.365 e. The molecule has 41 heavy (non-hydrogen) atoms. The molecule has 5 rings (SSSR count). The number of nitrogens with one attached hydrogen (secondary N) is 1. The van der Waals surface area contributed by atoms with Gasteiger partial charge < -0.3 is 11.1 Å². The summed E-state index contributed by atoms with van der Waals surface area (Å²) in [7, 11) is 0. The maximum Gasteiger partial charge on any atom is 0.436 e. The van der Waals surface area contributed by atoms with Gasteiger partial charge in [0.1, 0.15) is 27.3 Å². The number of alkyl halides is 6. The maximum absolute atomic E-state index is 13.7. The number of rotatable bonds is 6. The molecule has 1 saturated carbocycles. The number of hydrogen-bond donors (Lipinski definition) is 2. The summed E-state index contributed by atoms with van der Waals surface area (Å²) in [5.41, 5.74) is 2.86. The van der Waals surface area contributed by atoms with Crippen molar-refractivity contribution in [2.45, 2.75) is 44.1 Å². The van der Waals surface area contributed by atoms with Crippen molar-refractivity contribution in [2.75, 3.05) is 5.32 Å². The Balaban J connectivity index is 1.65. The fourth-order valence-electron chi connectivity index (χ4n) is 4.36. The minimum atomic E-state index is -4.89. The molecule has 216 valence electrons. The topological polar surface area (TPSA) is 103 Å². The number of carbonyl (C=O) groups is 2. The fraction of sp³-hybridized carbons (Fsp3) is 0.280. The number of nitrogens with two attached hydrogens (primary N) is 1. The van der Waals surface area contributed by atoms with Gasteiger partial charge in [-0.1, -0.05) is 12.1 Å². The summed E-state index contributed by atoms with van der Waals surface area (Å²) in [5.74, 6) is -2.92. The van der Waals surface area contributed by atoms with Gasteiger partial charge in [-0.05, 0) is 65.0 Å². The molecule has 7 nitrogen and oxygen atoms in total. The number of primary amides is 1. The van der Waals surface area contributed by atoms with Crippen molar-refractivity contribution < 1.29 is 40.3 Å². The van der Waals surface area contributed by atoms with E-state index in [0.717, 1.165) is 16.8 Å². The van der Waals surface area contributed by atoms with E-state index in [9.17, 15) is 40.3 Å². The van der Waals surface area contributed by atoms with E-state index >= 15 is 0 Å². The Kier molecular flexibility index (Phi) is 7.12. The van der Waals surface area contributed by atoms with Gasteiger partial charge in [-0.15, -0.1) is 11.3 Å². The van der Waals surface area contributed by atoms with Gasteiger partial charge in [-0.3, -0.25) is 14.3 Å². The van der Waals surface area contributed by atoms with Gasteiger partial charge in [-0.2, -0.15) is 31.4 Å². The lowest BCUT2D eigenvalue weighted by Crippen LogP contribution is -2.27. The first-order valence-corrected chi connectivity index (χ1v) is 13.4. The standard InChI is InChI=1S/C25H17BrF7N5O2S/c1-9(38-18(11-2-3-11)16(26)20(37-38)25(31,32)33)22(40)36-17-15-13(10-4-6-12(27)7-5-10)8-14(24(28,29)30)35-23(15)41-19(17)21(34)39/h4-9,11H,2-3H2,1H3,(H2,34,39)(H,36,40). The van der Waals surface area contributed by atoms with Crippen molar-refractivity contribution in [3.63, 3.8) is 0 Å². The van der Waals surface area contributed by atoms with Crippen LogP contribution in [0.15, 0.2) is 34.8 Å². The summed E-state index contributed by atoms with van der Waals surface area (Å²) >= 11 is 3.46. The van der Waals surface area contributed by atoms with Gasteiger partial charge in [0, 0.05) is 11.3 Å². The number of aromatic nitrogens is 3. The van der Waals surface area contributed by atoms with E-state index in [2.05, 4.69) is 31.3 Å². The van der Waals surface area contributed by atoms with Crippen LogP contribution >= 0.6 is 27.3 Å². The SMILES string of the molecule is CC(C(=O)Nc1c(C(N)=O)sc2nc(C(F)(F)F)cc(-c3ccc(F)cc3)c12)n1nc(C(F)(F)F)c(Br)c1C1CC1. The second kappa shape index (κ2) is 10.1. The van der Waals surface area contributed by atoms with Gasteiger partial charge in [0.05, 0.1) is 15.9 Å². The highest BCUT2D eigenvalue weighted by molar-refractivity contribution is 9.10. The second-order valence-electron chi connectivity index (χ2n) is 9.34. The van der Waals surface area contributed by atoms with Gasteiger partial charge in [-0.25, -0.2) is 9.37 Å². The molecule has 0 radical (unpaired) electrons. The number of halogens is 8. The zero-order chi connectivity index (χ0) is 30.0. The van der Waals surface area contributed by atoms with Crippen molar-refractivity contribution in [3.05, 3.63) is 62.6 Å². The zero-order valence-corrected chi connectivity index (χ0v) is 23.0. The minimum absolute atomic E-state index is 0.0796. The van der Waals surface area contributed by atoms with Crippen molar-refractivity contribution >= 4 is 55.0 Å². The number of amides is 2. The summed E-state index contributed by atoms with van der Waals surface area (Å²) in [5, 5.41) is 6.03. The molecule has 3 aromatic heterocycles. The van der Waals surface area contributed by atoms with Crippen LogP contribution in [0.1, 0.15) is 58.5 Å². The summed E-state index contributed by atoms with van der Waals surface area (Å²) in [6.45, 7) is 1.29. The fourth-order valence-corrected chi connectivity index (χ4v) is 6.18. The lowest BCUT2D eigenvalue weighted by Gasteiger charge is -2.17. The Morgan fingerprint density at radius 2 is 1.76 bits per heavy atom. The third-order valence-corrected chi connectivity index (χ3v) is 8.33. The average Bonchev–Trinajstić information content (AvgIpc) is 3.55. The predicted molar refractivity (Wildman–Crippen MR) is 139 cm³/mol. The van der Waals surface area contributed by atoms with Crippen molar-refractivity contribution in [1.82, 2.24) is 14.8 Å². The number of anilines is 1. The molecule has 16 heteroatoms. The summed E-state index contributed by atoms with van der Waals surface area (Å²) in [6.07, 6.45) is -8.52. The Labute approximate surface area is 238 Å². The summed E-state index contributed by atoms with van der Waals surface area (Å²) in [6, 6.07) is 3.81. The van der Waals surface area contributed by atoms with Crippen LogP contribution in [-0.4, -0.2) is 26.6 Å². The lowest BCUT2D eigenvalue weighted by molar-refractivity contribution is -0.142. The van der Waals surface area contributed by atoms with E-state index in [1.807, 2.05) is 0 Å². The molecule has 1 unspecified atom stereocenters. The second-order valence-corrected chi connectivity index (χ2v) is 11.1. The number of benzene rings is 1.